The minimum Gasteiger partial charge on any atom is -0.326 e. The highest BCUT2D eigenvalue weighted by Crippen LogP contribution is 2.42. The van der Waals surface area contributed by atoms with Crippen LogP contribution in [-0.2, 0) is 0 Å². The lowest BCUT2D eigenvalue weighted by molar-refractivity contribution is 0.633. The Bertz CT molecular complexity index is 579. The number of nitrogens with zero attached hydrogens (tertiary/aromatic N) is 1. The third kappa shape index (κ3) is 3.76. The number of halogens is 2. The fourth-order valence-corrected chi connectivity index (χ4v) is 3.98. The molecule has 2 nitrogen and oxygen atoms in total. The lowest BCUT2D eigenvalue weighted by Crippen LogP contribution is -2.26. The van der Waals surface area contributed by atoms with Crippen LogP contribution in [0.1, 0.15) is 24.2 Å². The molecule has 2 N–H and O–H groups in total. The monoisotopic (exact) mass is 370 g/mol. The van der Waals surface area contributed by atoms with E-state index in [-0.39, 0.29) is 11.3 Å². The molecule has 0 radical (unpaired) electrons. The number of aromatic nitrogens is 1. The van der Waals surface area contributed by atoms with E-state index in [4.69, 9.17) is 17.3 Å². The van der Waals surface area contributed by atoms with Gasteiger partial charge in [-0.2, -0.15) is 0 Å². The van der Waals surface area contributed by atoms with Gasteiger partial charge in [0.15, 0.2) is 0 Å². The number of hydrogen-bond acceptors (Lipinski definition) is 3. The standard InChI is InChI=1S/C15H16BrClN2S/c1-2-13(18)14(10-6-3-4-8-12(10)17)20-15-11(16)7-5-9-19-15/h3-9,13-14H,2,18H2,1H3. The van der Waals surface area contributed by atoms with Crippen LogP contribution in [0.25, 0.3) is 0 Å². The molecular weight excluding hydrogens is 356 g/mol. The lowest BCUT2D eigenvalue weighted by Gasteiger charge is -2.23. The Hall–Kier alpha value is -0.550. The molecular formula is C15H16BrClN2S. The number of hydrogen-bond donors (Lipinski definition) is 1. The van der Waals surface area contributed by atoms with Gasteiger partial charge in [0.05, 0.1) is 5.25 Å². The molecule has 1 heterocycles. The van der Waals surface area contributed by atoms with Gasteiger partial charge in [-0.15, -0.1) is 0 Å². The van der Waals surface area contributed by atoms with Gasteiger partial charge in [0, 0.05) is 21.7 Å². The van der Waals surface area contributed by atoms with Crippen LogP contribution in [0.15, 0.2) is 52.1 Å². The molecule has 2 atom stereocenters. The normalized spacial score (nSPS) is 14.0. The highest BCUT2D eigenvalue weighted by atomic mass is 79.9. The molecule has 2 aromatic rings. The molecule has 106 valence electrons. The van der Waals surface area contributed by atoms with E-state index in [9.17, 15) is 0 Å². The van der Waals surface area contributed by atoms with Crippen molar-refractivity contribution < 1.29 is 0 Å². The molecule has 0 bridgehead atoms. The Morgan fingerprint density at radius 3 is 2.70 bits per heavy atom. The molecule has 0 fully saturated rings. The topological polar surface area (TPSA) is 38.9 Å². The Morgan fingerprint density at radius 1 is 1.30 bits per heavy atom. The Balaban J connectivity index is 2.35. The van der Waals surface area contributed by atoms with Crippen LogP contribution in [0, 0.1) is 0 Å². The van der Waals surface area contributed by atoms with E-state index in [0.717, 1.165) is 26.5 Å². The van der Waals surface area contributed by atoms with Crippen molar-refractivity contribution in [3.05, 3.63) is 57.7 Å². The van der Waals surface area contributed by atoms with Gasteiger partial charge >= 0.3 is 0 Å². The van der Waals surface area contributed by atoms with Crippen LogP contribution in [0.5, 0.6) is 0 Å². The minimum absolute atomic E-state index is 0.0220. The van der Waals surface area contributed by atoms with E-state index >= 15 is 0 Å². The summed E-state index contributed by atoms with van der Waals surface area (Å²) in [5.74, 6) is 0. The van der Waals surface area contributed by atoms with Crippen LogP contribution < -0.4 is 5.73 Å². The predicted octanol–water partition coefficient (Wildman–Crippen LogP) is 5.07. The molecule has 0 aliphatic heterocycles. The molecule has 0 aliphatic carbocycles. The Kier molecular flexibility index (Phi) is 5.90. The van der Waals surface area contributed by atoms with E-state index in [2.05, 4.69) is 27.8 Å². The summed E-state index contributed by atoms with van der Waals surface area (Å²) in [5, 5.41) is 1.77. The molecule has 0 spiro atoms. The van der Waals surface area contributed by atoms with Gasteiger partial charge in [0.1, 0.15) is 5.03 Å². The van der Waals surface area contributed by atoms with E-state index in [1.807, 2.05) is 36.4 Å². The number of nitrogens with two attached hydrogens (primary N) is 1. The first-order valence-electron chi connectivity index (χ1n) is 6.40. The van der Waals surface area contributed by atoms with Crippen molar-refractivity contribution in [3.63, 3.8) is 0 Å². The van der Waals surface area contributed by atoms with E-state index < -0.39 is 0 Å². The summed E-state index contributed by atoms with van der Waals surface area (Å²) in [6.07, 6.45) is 2.67. The van der Waals surface area contributed by atoms with E-state index in [0.29, 0.717) is 0 Å². The third-order valence-electron chi connectivity index (χ3n) is 3.04. The lowest BCUT2D eigenvalue weighted by atomic mass is 10.0. The molecule has 2 rings (SSSR count). The van der Waals surface area contributed by atoms with Gasteiger partial charge in [-0.3, -0.25) is 0 Å². The SMILES string of the molecule is CCC(N)C(Sc1ncccc1Br)c1ccccc1Cl. The summed E-state index contributed by atoms with van der Waals surface area (Å²) in [6, 6.07) is 11.8. The van der Waals surface area contributed by atoms with Crippen molar-refractivity contribution in [2.45, 2.75) is 29.7 Å². The third-order valence-corrected chi connectivity index (χ3v) is 5.69. The maximum absolute atomic E-state index is 6.33. The van der Waals surface area contributed by atoms with Crippen molar-refractivity contribution in [2.24, 2.45) is 5.73 Å². The smallest absolute Gasteiger partial charge is 0.111 e. The maximum atomic E-state index is 6.33. The summed E-state index contributed by atoms with van der Waals surface area (Å²) >= 11 is 11.5. The highest BCUT2D eigenvalue weighted by molar-refractivity contribution is 9.10. The van der Waals surface area contributed by atoms with Gasteiger partial charge in [-0.1, -0.05) is 48.5 Å². The minimum atomic E-state index is 0.0220. The molecule has 1 aromatic heterocycles. The summed E-state index contributed by atoms with van der Waals surface area (Å²) < 4.78 is 0.977. The first-order chi connectivity index (χ1) is 9.63. The average Bonchev–Trinajstić information content (AvgIpc) is 2.47. The van der Waals surface area contributed by atoms with Crippen molar-refractivity contribution in [1.29, 1.82) is 0 Å². The molecule has 0 aliphatic rings. The summed E-state index contributed by atoms with van der Waals surface area (Å²) in [6.45, 7) is 2.09. The summed E-state index contributed by atoms with van der Waals surface area (Å²) in [5.41, 5.74) is 7.35. The predicted molar refractivity (Wildman–Crippen MR) is 90.3 cm³/mol. The van der Waals surface area contributed by atoms with Crippen LogP contribution in [0.3, 0.4) is 0 Å². The molecule has 2 unspecified atom stereocenters. The highest BCUT2D eigenvalue weighted by Gasteiger charge is 2.23. The first-order valence-corrected chi connectivity index (χ1v) is 8.45. The van der Waals surface area contributed by atoms with Crippen molar-refractivity contribution in [2.75, 3.05) is 0 Å². The first kappa shape index (κ1) is 15.8. The van der Waals surface area contributed by atoms with Gasteiger partial charge in [0.2, 0.25) is 0 Å². The van der Waals surface area contributed by atoms with E-state index in [1.54, 1.807) is 18.0 Å². The van der Waals surface area contributed by atoms with Crippen molar-refractivity contribution >= 4 is 39.3 Å². The molecule has 0 saturated carbocycles. The molecule has 20 heavy (non-hydrogen) atoms. The second kappa shape index (κ2) is 7.46. The van der Waals surface area contributed by atoms with Gasteiger partial charge in [-0.05, 0) is 46.1 Å². The zero-order valence-electron chi connectivity index (χ0n) is 11.1. The van der Waals surface area contributed by atoms with Crippen LogP contribution in [0.4, 0.5) is 0 Å². The zero-order valence-corrected chi connectivity index (χ0v) is 14.3. The largest absolute Gasteiger partial charge is 0.326 e. The molecule has 0 saturated heterocycles. The van der Waals surface area contributed by atoms with Gasteiger partial charge in [0.25, 0.3) is 0 Å². The second-order valence-electron chi connectivity index (χ2n) is 4.42. The number of thioether (sulfide) groups is 1. The Labute approximate surface area is 137 Å². The quantitative estimate of drug-likeness (QED) is 0.746. The van der Waals surface area contributed by atoms with E-state index in [1.165, 1.54) is 0 Å². The molecule has 0 amide bonds. The van der Waals surface area contributed by atoms with Crippen LogP contribution >= 0.6 is 39.3 Å². The Morgan fingerprint density at radius 2 is 2.05 bits per heavy atom. The van der Waals surface area contributed by atoms with Crippen LogP contribution in [-0.4, -0.2) is 11.0 Å². The average molecular weight is 372 g/mol. The van der Waals surface area contributed by atoms with Crippen LogP contribution in [0.2, 0.25) is 5.02 Å². The maximum Gasteiger partial charge on any atom is 0.111 e. The molecule has 5 heteroatoms. The van der Waals surface area contributed by atoms with Gasteiger partial charge < -0.3 is 5.73 Å². The van der Waals surface area contributed by atoms with Crippen molar-refractivity contribution in [1.82, 2.24) is 4.98 Å². The number of benzene rings is 1. The van der Waals surface area contributed by atoms with Gasteiger partial charge in [-0.25, -0.2) is 4.98 Å². The number of rotatable bonds is 5. The summed E-state index contributed by atoms with van der Waals surface area (Å²) in [7, 11) is 0. The fraction of sp³-hybridized carbons (Fsp3) is 0.267. The van der Waals surface area contributed by atoms with Crippen molar-refractivity contribution in [3.8, 4) is 0 Å². The fourth-order valence-electron chi connectivity index (χ4n) is 1.88. The number of pyridine rings is 1. The molecule has 1 aromatic carbocycles. The zero-order chi connectivity index (χ0) is 14.5. The second-order valence-corrected chi connectivity index (χ2v) is 6.81. The summed E-state index contributed by atoms with van der Waals surface area (Å²) in [4.78, 5) is 4.41.